The highest BCUT2D eigenvalue weighted by molar-refractivity contribution is 5.80. The zero-order valence-electron chi connectivity index (χ0n) is 12.2. The summed E-state index contributed by atoms with van der Waals surface area (Å²) >= 11 is 0. The van der Waals surface area contributed by atoms with Crippen LogP contribution in [-0.2, 0) is 9.53 Å². The van der Waals surface area contributed by atoms with Crippen LogP contribution in [0, 0.1) is 5.41 Å². The van der Waals surface area contributed by atoms with Crippen LogP contribution in [0.4, 0.5) is 4.79 Å². The molecule has 2 aliphatic rings. The fourth-order valence-corrected chi connectivity index (χ4v) is 3.27. The predicted molar refractivity (Wildman–Crippen MR) is 71.3 cm³/mol. The molecular weight excluding hydrogens is 262 g/mol. The van der Waals surface area contributed by atoms with Gasteiger partial charge in [-0.25, -0.2) is 4.79 Å². The minimum atomic E-state index is -1.05. The standard InChI is InChI=1S/C14H23NO5/c1-12(2,3)20-11(19)15-14(5-4-6-14)13(10(17)18)7-9(16)8-13/h9,16H,4-8H2,1-3H3,(H,15,19)(H,17,18). The van der Waals surface area contributed by atoms with Crippen LogP contribution < -0.4 is 5.32 Å². The lowest BCUT2D eigenvalue weighted by molar-refractivity contribution is -0.182. The fourth-order valence-electron chi connectivity index (χ4n) is 3.27. The van der Waals surface area contributed by atoms with E-state index in [9.17, 15) is 19.8 Å². The minimum Gasteiger partial charge on any atom is -0.481 e. The summed E-state index contributed by atoms with van der Waals surface area (Å²) in [6, 6.07) is 0. The Morgan fingerprint density at radius 2 is 1.80 bits per heavy atom. The van der Waals surface area contributed by atoms with E-state index in [1.54, 1.807) is 20.8 Å². The largest absolute Gasteiger partial charge is 0.481 e. The number of aliphatic hydroxyl groups is 1. The summed E-state index contributed by atoms with van der Waals surface area (Å²) in [7, 11) is 0. The molecule has 3 N–H and O–H groups in total. The maximum Gasteiger partial charge on any atom is 0.408 e. The number of aliphatic carboxylic acids is 1. The summed E-state index contributed by atoms with van der Waals surface area (Å²) in [5.74, 6) is -0.946. The third-order valence-electron chi connectivity index (χ3n) is 4.44. The van der Waals surface area contributed by atoms with Gasteiger partial charge in [-0.15, -0.1) is 0 Å². The molecule has 6 nitrogen and oxygen atoms in total. The van der Waals surface area contributed by atoms with E-state index in [1.807, 2.05) is 0 Å². The Hall–Kier alpha value is -1.30. The van der Waals surface area contributed by atoms with E-state index in [0.717, 1.165) is 6.42 Å². The molecule has 0 saturated heterocycles. The van der Waals surface area contributed by atoms with Crippen molar-refractivity contribution in [2.75, 3.05) is 0 Å². The summed E-state index contributed by atoms with van der Waals surface area (Å²) in [6.45, 7) is 5.29. The molecular formula is C14H23NO5. The molecule has 0 heterocycles. The molecule has 2 rings (SSSR count). The van der Waals surface area contributed by atoms with Gasteiger partial charge in [0.2, 0.25) is 0 Å². The molecule has 0 aliphatic heterocycles. The highest BCUT2D eigenvalue weighted by atomic mass is 16.6. The number of carbonyl (C=O) groups excluding carboxylic acids is 1. The molecule has 2 aliphatic carbocycles. The Morgan fingerprint density at radius 3 is 2.10 bits per heavy atom. The number of hydrogen-bond acceptors (Lipinski definition) is 4. The first-order chi connectivity index (χ1) is 9.10. The number of carboxylic acids is 1. The van der Waals surface area contributed by atoms with Crippen LogP contribution in [0.5, 0.6) is 0 Å². The average molecular weight is 285 g/mol. The van der Waals surface area contributed by atoms with Gasteiger partial charge in [-0.1, -0.05) is 0 Å². The molecule has 0 spiro atoms. The zero-order valence-corrected chi connectivity index (χ0v) is 12.2. The van der Waals surface area contributed by atoms with Gasteiger partial charge in [-0.3, -0.25) is 4.79 Å². The van der Waals surface area contributed by atoms with Crippen LogP contribution in [0.25, 0.3) is 0 Å². The molecule has 20 heavy (non-hydrogen) atoms. The Bertz CT molecular complexity index is 416. The van der Waals surface area contributed by atoms with E-state index in [-0.39, 0.29) is 12.8 Å². The molecule has 1 amide bonds. The first-order valence-electron chi connectivity index (χ1n) is 7.03. The van der Waals surface area contributed by atoms with Crippen LogP contribution in [-0.4, -0.2) is 39.5 Å². The molecule has 0 unspecified atom stereocenters. The Morgan fingerprint density at radius 1 is 1.25 bits per heavy atom. The molecule has 6 heteroatoms. The summed E-state index contributed by atoms with van der Waals surface area (Å²) in [4.78, 5) is 23.6. The van der Waals surface area contributed by atoms with Gasteiger partial charge in [0.25, 0.3) is 0 Å². The van der Waals surface area contributed by atoms with Gasteiger partial charge in [0.15, 0.2) is 0 Å². The third kappa shape index (κ3) is 2.37. The van der Waals surface area contributed by atoms with E-state index < -0.39 is 34.7 Å². The number of alkyl carbamates (subject to hydrolysis) is 1. The molecule has 0 atom stereocenters. The van der Waals surface area contributed by atoms with Gasteiger partial charge in [-0.2, -0.15) is 0 Å². The number of carboxylic acid groups (broad SMARTS) is 1. The van der Waals surface area contributed by atoms with Crippen LogP contribution in [0.15, 0.2) is 0 Å². The minimum absolute atomic E-state index is 0.193. The van der Waals surface area contributed by atoms with E-state index in [2.05, 4.69) is 5.32 Å². The maximum atomic E-state index is 12.0. The summed E-state index contributed by atoms with van der Waals surface area (Å²) in [6.07, 6.45) is 1.32. The molecule has 0 aromatic rings. The van der Waals surface area contributed by atoms with E-state index in [0.29, 0.717) is 12.8 Å². The fraction of sp³-hybridized carbons (Fsp3) is 0.857. The number of aliphatic hydroxyl groups excluding tert-OH is 1. The molecule has 0 radical (unpaired) electrons. The summed E-state index contributed by atoms with van der Waals surface area (Å²) < 4.78 is 5.23. The van der Waals surface area contributed by atoms with E-state index >= 15 is 0 Å². The Labute approximate surface area is 118 Å². The van der Waals surface area contributed by atoms with E-state index in [4.69, 9.17) is 4.74 Å². The van der Waals surface area contributed by atoms with Gasteiger partial charge in [0.1, 0.15) is 5.60 Å². The lowest BCUT2D eigenvalue weighted by Gasteiger charge is -2.59. The van der Waals surface area contributed by atoms with Gasteiger partial charge in [-0.05, 0) is 52.9 Å². The normalized spacial score (nSPS) is 31.7. The highest BCUT2D eigenvalue weighted by Gasteiger charge is 2.66. The van der Waals surface area contributed by atoms with E-state index in [1.165, 1.54) is 0 Å². The number of nitrogens with one attached hydrogen (secondary N) is 1. The molecule has 0 bridgehead atoms. The smallest absolute Gasteiger partial charge is 0.408 e. The van der Waals surface area contributed by atoms with Crippen molar-refractivity contribution in [3.63, 3.8) is 0 Å². The lowest BCUT2D eigenvalue weighted by atomic mass is 9.49. The second-order valence-electron chi connectivity index (χ2n) is 7.01. The predicted octanol–water partition coefficient (Wildman–Crippen LogP) is 1.66. The van der Waals surface area contributed by atoms with Crippen molar-refractivity contribution in [3.05, 3.63) is 0 Å². The van der Waals surface area contributed by atoms with Crippen molar-refractivity contribution < 1.29 is 24.5 Å². The maximum absolute atomic E-state index is 12.0. The zero-order chi connectivity index (χ0) is 15.2. The SMILES string of the molecule is CC(C)(C)OC(=O)NC1(C2(C(=O)O)CC(O)C2)CCC1. The number of hydrogen-bond donors (Lipinski definition) is 3. The molecule has 114 valence electrons. The third-order valence-corrected chi connectivity index (χ3v) is 4.44. The molecule has 0 aromatic heterocycles. The monoisotopic (exact) mass is 285 g/mol. The molecule has 0 aromatic carbocycles. The lowest BCUT2D eigenvalue weighted by Crippen LogP contribution is -2.71. The van der Waals surface area contributed by atoms with Crippen molar-refractivity contribution >= 4 is 12.1 Å². The second-order valence-corrected chi connectivity index (χ2v) is 7.01. The van der Waals surface area contributed by atoms with Gasteiger partial charge < -0.3 is 20.3 Å². The highest BCUT2D eigenvalue weighted by Crippen LogP contribution is 2.57. The van der Waals surface area contributed by atoms with Crippen LogP contribution in [0.3, 0.4) is 0 Å². The van der Waals surface area contributed by atoms with Crippen LogP contribution in [0.2, 0.25) is 0 Å². The number of carbonyl (C=O) groups is 2. The topological polar surface area (TPSA) is 95.9 Å². The number of ether oxygens (including phenoxy) is 1. The Balaban J connectivity index is 2.13. The first kappa shape index (κ1) is 15.1. The van der Waals surface area contributed by atoms with Gasteiger partial charge >= 0.3 is 12.1 Å². The van der Waals surface area contributed by atoms with Crippen molar-refractivity contribution in [3.8, 4) is 0 Å². The first-order valence-corrected chi connectivity index (χ1v) is 7.03. The number of rotatable bonds is 3. The van der Waals surface area contributed by atoms with Gasteiger partial charge in [0.05, 0.1) is 17.1 Å². The molecule has 2 fully saturated rings. The quantitative estimate of drug-likeness (QED) is 0.733. The Kier molecular flexibility index (Phi) is 3.48. The average Bonchev–Trinajstić information content (AvgIpc) is 2.15. The second kappa shape index (κ2) is 4.62. The van der Waals surface area contributed by atoms with Crippen LogP contribution >= 0.6 is 0 Å². The van der Waals surface area contributed by atoms with Crippen molar-refractivity contribution in [2.24, 2.45) is 5.41 Å². The number of amides is 1. The van der Waals surface area contributed by atoms with Crippen molar-refractivity contribution in [1.82, 2.24) is 5.32 Å². The molecule has 2 saturated carbocycles. The van der Waals surface area contributed by atoms with Crippen molar-refractivity contribution in [1.29, 1.82) is 0 Å². The van der Waals surface area contributed by atoms with Crippen molar-refractivity contribution in [2.45, 2.75) is 70.1 Å². The van der Waals surface area contributed by atoms with Gasteiger partial charge in [0, 0.05) is 0 Å². The van der Waals surface area contributed by atoms with Crippen LogP contribution in [0.1, 0.15) is 52.9 Å². The summed E-state index contributed by atoms with van der Waals surface area (Å²) in [5, 5.41) is 21.9. The summed E-state index contributed by atoms with van der Waals surface area (Å²) in [5.41, 5.74) is -2.45.